The molecule has 1 N–H and O–H groups in total. The average Bonchev–Trinajstić information content (AvgIpc) is 2.27. The van der Waals surface area contributed by atoms with Crippen LogP contribution < -0.4 is 0 Å². The van der Waals surface area contributed by atoms with Crippen LogP contribution in [0, 0.1) is 6.92 Å². The summed E-state index contributed by atoms with van der Waals surface area (Å²) in [6, 6.07) is 0.241. The van der Waals surface area contributed by atoms with Gasteiger partial charge in [0.05, 0.1) is 0 Å². The Labute approximate surface area is 77.1 Å². The summed E-state index contributed by atoms with van der Waals surface area (Å²) < 4.78 is 69.7. The van der Waals surface area contributed by atoms with Gasteiger partial charge in [0.1, 0.15) is 10.7 Å². The third kappa shape index (κ3) is 2.07. The molecule has 1 aromatic rings. The van der Waals surface area contributed by atoms with E-state index in [4.69, 9.17) is 4.55 Å². The van der Waals surface area contributed by atoms with E-state index in [2.05, 4.69) is 4.42 Å². The van der Waals surface area contributed by atoms with Gasteiger partial charge in [0, 0.05) is 6.07 Å². The molecule has 8 heteroatoms. The lowest BCUT2D eigenvalue weighted by atomic mass is 10.4. The van der Waals surface area contributed by atoms with Crippen LogP contribution in [0.2, 0.25) is 0 Å². The average molecular weight is 230 g/mol. The van der Waals surface area contributed by atoms with Gasteiger partial charge in [-0.05, 0) is 6.92 Å². The molecule has 0 bridgehead atoms. The Balaban J connectivity index is 3.33. The van der Waals surface area contributed by atoms with Crippen LogP contribution in [0.3, 0.4) is 0 Å². The minimum Gasteiger partial charge on any atom is -0.455 e. The van der Waals surface area contributed by atoms with Gasteiger partial charge in [-0.15, -0.1) is 0 Å². The van der Waals surface area contributed by atoms with Gasteiger partial charge in [0.15, 0.2) is 0 Å². The van der Waals surface area contributed by atoms with Gasteiger partial charge >= 0.3 is 6.18 Å². The quantitative estimate of drug-likeness (QED) is 0.747. The van der Waals surface area contributed by atoms with Crippen LogP contribution in [0.25, 0.3) is 0 Å². The van der Waals surface area contributed by atoms with Crippen molar-refractivity contribution in [2.75, 3.05) is 0 Å². The van der Waals surface area contributed by atoms with Gasteiger partial charge < -0.3 is 4.42 Å². The summed E-state index contributed by atoms with van der Waals surface area (Å²) in [6.45, 7) is 1.01. The monoisotopic (exact) mass is 230 g/mol. The predicted molar refractivity (Wildman–Crippen MR) is 38.3 cm³/mol. The lowest BCUT2D eigenvalue weighted by Gasteiger charge is -1.99. The van der Waals surface area contributed by atoms with E-state index in [-0.39, 0.29) is 6.07 Å². The van der Waals surface area contributed by atoms with Crippen molar-refractivity contribution in [1.82, 2.24) is 0 Å². The lowest BCUT2D eigenvalue weighted by Crippen LogP contribution is -2.02. The largest absolute Gasteiger partial charge is 0.455 e. The summed E-state index contributed by atoms with van der Waals surface area (Å²) in [5.41, 5.74) is 0. The molecule has 14 heavy (non-hydrogen) atoms. The zero-order chi connectivity index (χ0) is 11.1. The highest BCUT2D eigenvalue weighted by Gasteiger charge is 2.37. The van der Waals surface area contributed by atoms with Gasteiger partial charge in [-0.2, -0.15) is 21.6 Å². The summed E-state index contributed by atoms with van der Waals surface area (Å²) in [6.07, 6.45) is -4.77. The van der Waals surface area contributed by atoms with Crippen LogP contribution in [0.15, 0.2) is 15.4 Å². The van der Waals surface area contributed by atoms with E-state index in [0.717, 1.165) is 6.92 Å². The van der Waals surface area contributed by atoms with Crippen LogP contribution in [0.4, 0.5) is 13.2 Å². The normalized spacial score (nSPS) is 13.2. The second kappa shape index (κ2) is 2.99. The van der Waals surface area contributed by atoms with Crippen LogP contribution >= 0.6 is 0 Å². The molecule has 80 valence electrons. The number of rotatable bonds is 1. The third-order valence-corrected chi connectivity index (χ3v) is 2.39. The Bertz CT molecular complexity index is 442. The van der Waals surface area contributed by atoms with E-state index >= 15 is 0 Å². The molecule has 0 saturated heterocycles. The van der Waals surface area contributed by atoms with Crippen LogP contribution in [0.5, 0.6) is 0 Å². The Morgan fingerprint density at radius 2 is 1.93 bits per heavy atom. The molecule has 0 radical (unpaired) electrons. The summed E-state index contributed by atoms with van der Waals surface area (Å²) >= 11 is 0. The molecule has 0 aromatic carbocycles. The number of alkyl halides is 3. The van der Waals surface area contributed by atoms with E-state index in [1.165, 1.54) is 0 Å². The van der Waals surface area contributed by atoms with Crippen molar-refractivity contribution >= 4 is 10.1 Å². The highest BCUT2D eigenvalue weighted by atomic mass is 32.2. The molecule has 0 saturated carbocycles. The van der Waals surface area contributed by atoms with E-state index in [1.54, 1.807) is 0 Å². The molecular formula is C6H5F3O4S. The summed E-state index contributed by atoms with van der Waals surface area (Å²) in [7, 11) is -4.67. The van der Waals surface area contributed by atoms with Crippen LogP contribution in [-0.4, -0.2) is 13.0 Å². The van der Waals surface area contributed by atoms with Gasteiger partial charge in [0.2, 0.25) is 5.76 Å². The van der Waals surface area contributed by atoms with Gasteiger partial charge in [0.25, 0.3) is 10.1 Å². The number of halogens is 3. The summed E-state index contributed by atoms with van der Waals surface area (Å²) in [5.74, 6) is -1.96. The lowest BCUT2D eigenvalue weighted by molar-refractivity contribution is -0.153. The molecule has 1 heterocycles. The summed E-state index contributed by atoms with van der Waals surface area (Å²) in [4.78, 5) is -0.871. The highest BCUT2D eigenvalue weighted by molar-refractivity contribution is 7.85. The first kappa shape index (κ1) is 11.1. The number of furan rings is 1. The van der Waals surface area contributed by atoms with Crippen molar-refractivity contribution < 1.29 is 30.6 Å². The van der Waals surface area contributed by atoms with E-state index in [0.29, 0.717) is 0 Å². The van der Waals surface area contributed by atoms with Crippen molar-refractivity contribution in [3.8, 4) is 0 Å². The second-order valence-corrected chi connectivity index (χ2v) is 3.89. The molecule has 4 nitrogen and oxygen atoms in total. The van der Waals surface area contributed by atoms with E-state index in [9.17, 15) is 21.6 Å². The molecular weight excluding hydrogens is 225 g/mol. The number of hydrogen-bond donors (Lipinski definition) is 1. The van der Waals surface area contributed by atoms with Crippen molar-refractivity contribution in [3.63, 3.8) is 0 Å². The molecule has 0 spiro atoms. The van der Waals surface area contributed by atoms with Crippen LogP contribution in [-0.2, 0) is 16.3 Å². The number of aryl methyl sites for hydroxylation is 1. The van der Waals surface area contributed by atoms with Crippen molar-refractivity contribution in [2.45, 2.75) is 18.0 Å². The van der Waals surface area contributed by atoms with Gasteiger partial charge in [-0.3, -0.25) is 4.55 Å². The Morgan fingerprint density at radius 3 is 2.14 bits per heavy atom. The van der Waals surface area contributed by atoms with Crippen LogP contribution in [0.1, 0.15) is 11.5 Å². The minimum absolute atomic E-state index is 0.241. The SMILES string of the molecule is Cc1oc(C(F)(F)F)cc1S(=O)(=O)O. The number of hydrogen-bond acceptors (Lipinski definition) is 3. The fourth-order valence-electron chi connectivity index (χ4n) is 0.861. The third-order valence-electron chi connectivity index (χ3n) is 1.43. The highest BCUT2D eigenvalue weighted by Crippen LogP contribution is 2.33. The van der Waals surface area contributed by atoms with Crippen molar-refractivity contribution in [2.24, 2.45) is 0 Å². The molecule has 0 amide bonds. The first-order valence-corrected chi connectivity index (χ1v) is 4.71. The Kier molecular flexibility index (Phi) is 2.36. The summed E-state index contributed by atoms with van der Waals surface area (Å²) in [5, 5.41) is 0. The zero-order valence-corrected chi connectivity index (χ0v) is 7.61. The molecule has 0 aliphatic rings. The molecule has 1 rings (SSSR count). The standard InChI is InChI=1S/C6H5F3O4S/c1-3-4(14(10,11)12)2-5(13-3)6(7,8)9/h2H,1H3,(H,10,11,12). The van der Waals surface area contributed by atoms with Gasteiger partial charge in [-0.1, -0.05) is 0 Å². The molecule has 0 aliphatic carbocycles. The minimum atomic E-state index is -4.77. The van der Waals surface area contributed by atoms with E-state index in [1.807, 2.05) is 0 Å². The van der Waals surface area contributed by atoms with Gasteiger partial charge in [-0.25, -0.2) is 0 Å². The molecule has 0 fully saturated rings. The fourth-order valence-corrected chi connectivity index (χ4v) is 1.52. The predicted octanol–water partition coefficient (Wildman–Crippen LogP) is 1.85. The van der Waals surface area contributed by atoms with E-state index < -0.39 is 32.7 Å². The molecule has 0 atom stereocenters. The Hall–Kier alpha value is -1.02. The molecule has 0 aliphatic heterocycles. The first-order chi connectivity index (χ1) is 6.12. The smallest absolute Gasteiger partial charge is 0.449 e. The van der Waals surface area contributed by atoms with Crippen molar-refractivity contribution in [3.05, 3.63) is 17.6 Å². The maximum atomic E-state index is 12.0. The van der Waals surface area contributed by atoms with Crippen molar-refractivity contribution in [1.29, 1.82) is 0 Å². The maximum absolute atomic E-state index is 12.0. The maximum Gasteiger partial charge on any atom is 0.449 e. The Morgan fingerprint density at radius 1 is 1.43 bits per heavy atom. The second-order valence-electron chi connectivity index (χ2n) is 2.50. The molecule has 0 unspecified atom stereocenters. The first-order valence-electron chi connectivity index (χ1n) is 3.27. The molecule has 1 aromatic heterocycles. The zero-order valence-electron chi connectivity index (χ0n) is 6.79. The topological polar surface area (TPSA) is 67.5 Å². The fraction of sp³-hybridized carbons (Fsp3) is 0.333.